The van der Waals surface area contributed by atoms with Crippen molar-refractivity contribution in [2.45, 2.75) is 6.54 Å². The summed E-state index contributed by atoms with van der Waals surface area (Å²) in [4.78, 5) is 25.7. The summed E-state index contributed by atoms with van der Waals surface area (Å²) in [6.07, 6.45) is 0. The van der Waals surface area contributed by atoms with E-state index >= 15 is 0 Å². The van der Waals surface area contributed by atoms with Gasteiger partial charge in [0.2, 0.25) is 5.82 Å². The molecular weight excluding hydrogens is 340 g/mol. The molecule has 0 bridgehead atoms. The summed E-state index contributed by atoms with van der Waals surface area (Å²) >= 11 is 3.35. The smallest absolute Gasteiger partial charge is 0.324 e. The van der Waals surface area contributed by atoms with E-state index in [2.05, 4.69) is 36.7 Å². The second-order valence-electron chi connectivity index (χ2n) is 4.43. The Morgan fingerprint density at radius 2 is 2.10 bits per heavy atom. The van der Waals surface area contributed by atoms with Gasteiger partial charge >= 0.3 is 6.03 Å². The molecule has 1 aromatic carbocycles. The number of imide groups is 1. The zero-order valence-corrected chi connectivity index (χ0v) is 12.4. The van der Waals surface area contributed by atoms with Gasteiger partial charge in [-0.1, -0.05) is 15.9 Å². The molecule has 1 N–H and O–H groups in total. The van der Waals surface area contributed by atoms with Gasteiger partial charge in [-0.2, -0.15) is 4.80 Å². The first-order valence-corrected chi connectivity index (χ1v) is 7.05. The van der Waals surface area contributed by atoms with Gasteiger partial charge in [0, 0.05) is 23.1 Å². The van der Waals surface area contributed by atoms with Crippen molar-refractivity contribution in [1.82, 2.24) is 30.4 Å². The molecule has 2 aromatic rings. The maximum Gasteiger partial charge on any atom is 0.324 e. The molecule has 2 heterocycles. The summed E-state index contributed by atoms with van der Waals surface area (Å²) in [5.41, 5.74) is 0.802. The van der Waals surface area contributed by atoms with Crippen molar-refractivity contribution in [3.63, 3.8) is 0 Å². The maximum absolute atomic E-state index is 11.9. The molecule has 8 nitrogen and oxygen atoms in total. The van der Waals surface area contributed by atoms with Gasteiger partial charge in [-0.15, -0.1) is 10.2 Å². The van der Waals surface area contributed by atoms with Crippen molar-refractivity contribution in [2.75, 3.05) is 13.1 Å². The number of aromatic nitrogens is 4. The SMILES string of the molecule is O=C(Cn1nnc(-c2ccc(Br)cc2)n1)N1CCNC1=O. The summed E-state index contributed by atoms with van der Waals surface area (Å²) < 4.78 is 0.953. The molecule has 108 valence electrons. The van der Waals surface area contributed by atoms with Crippen LogP contribution in [-0.4, -0.2) is 50.1 Å². The van der Waals surface area contributed by atoms with Crippen LogP contribution in [0.1, 0.15) is 0 Å². The van der Waals surface area contributed by atoms with E-state index in [-0.39, 0.29) is 18.5 Å². The van der Waals surface area contributed by atoms with Crippen LogP contribution in [-0.2, 0) is 11.3 Å². The number of benzene rings is 1. The second-order valence-corrected chi connectivity index (χ2v) is 5.34. The van der Waals surface area contributed by atoms with E-state index in [4.69, 9.17) is 0 Å². The highest BCUT2D eigenvalue weighted by molar-refractivity contribution is 9.10. The van der Waals surface area contributed by atoms with Crippen molar-refractivity contribution < 1.29 is 9.59 Å². The van der Waals surface area contributed by atoms with Gasteiger partial charge in [-0.3, -0.25) is 9.69 Å². The lowest BCUT2D eigenvalue weighted by atomic mass is 10.2. The fraction of sp³-hybridized carbons (Fsp3) is 0.250. The summed E-state index contributed by atoms with van der Waals surface area (Å²) in [5.74, 6) is 0.0749. The molecule has 3 rings (SSSR count). The van der Waals surface area contributed by atoms with Crippen molar-refractivity contribution >= 4 is 27.9 Å². The molecule has 0 saturated carbocycles. The van der Waals surface area contributed by atoms with E-state index in [0.29, 0.717) is 18.9 Å². The summed E-state index contributed by atoms with van der Waals surface area (Å²) in [6, 6.07) is 7.06. The number of nitrogens with one attached hydrogen (secondary N) is 1. The minimum absolute atomic E-state index is 0.114. The van der Waals surface area contributed by atoms with E-state index in [1.807, 2.05) is 24.3 Å². The molecule has 0 aliphatic carbocycles. The number of halogens is 1. The van der Waals surface area contributed by atoms with Gasteiger partial charge in [-0.25, -0.2) is 4.79 Å². The van der Waals surface area contributed by atoms with Gasteiger partial charge in [-0.05, 0) is 29.5 Å². The topological polar surface area (TPSA) is 93.0 Å². The van der Waals surface area contributed by atoms with Gasteiger partial charge < -0.3 is 5.32 Å². The van der Waals surface area contributed by atoms with E-state index in [9.17, 15) is 9.59 Å². The summed E-state index contributed by atoms with van der Waals surface area (Å²) in [5, 5.41) is 14.5. The van der Waals surface area contributed by atoms with Crippen LogP contribution in [0.2, 0.25) is 0 Å². The fourth-order valence-corrected chi connectivity index (χ4v) is 2.20. The zero-order valence-electron chi connectivity index (χ0n) is 10.9. The Labute approximate surface area is 128 Å². The number of rotatable bonds is 3. The molecule has 1 aliphatic heterocycles. The Kier molecular flexibility index (Phi) is 3.65. The Morgan fingerprint density at radius 3 is 2.76 bits per heavy atom. The highest BCUT2D eigenvalue weighted by atomic mass is 79.9. The Morgan fingerprint density at radius 1 is 1.33 bits per heavy atom. The quantitative estimate of drug-likeness (QED) is 0.877. The molecule has 1 fully saturated rings. The van der Waals surface area contributed by atoms with E-state index < -0.39 is 0 Å². The van der Waals surface area contributed by atoms with Crippen molar-refractivity contribution in [1.29, 1.82) is 0 Å². The molecule has 0 unspecified atom stereocenters. The summed E-state index contributed by atoms with van der Waals surface area (Å²) in [6.45, 7) is 0.725. The van der Waals surface area contributed by atoms with Crippen LogP contribution in [0.5, 0.6) is 0 Å². The Balaban J connectivity index is 1.71. The van der Waals surface area contributed by atoms with Crippen LogP contribution < -0.4 is 5.32 Å². The third-order valence-electron chi connectivity index (χ3n) is 2.99. The van der Waals surface area contributed by atoms with Crippen LogP contribution in [0.25, 0.3) is 11.4 Å². The number of carbonyl (C=O) groups is 2. The highest BCUT2D eigenvalue weighted by Crippen LogP contribution is 2.17. The lowest BCUT2D eigenvalue weighted by molar-refractivity contribution is -0.128. The van der Waals surface area contributed by atoms with Crippen molar-refractivity contribution in [2.24, 2.45) is 0 Å². The standard InChI is InChI=1S/C12H11BrN6O2/c13-9-3-1-8(2-4-9)11-15-17-19(16-11)7-10(20)18-6-5-14-12(18)21/h1-4H,5-7H2,(H,14,21). The van der Waals surface area contributed by atoms with Crippen LogP contribution in [0.3, 0.4) is 0 Å². The third kappa shape index (κ3) is 2.92. The van der Waals surface area contributed by atoms with E-state index in [1.54, 1.807) is 0 Å². The number of amides is 3. The minimum atomic E-state index is -0.381. The molecule has 1 saturated heterocycles. The average molecular weight is 351 g/mol. The van der Waals surface area contributed by atoms with Gasteiger partial charge in [0.05, 0.1) is 0 Å². The molecule has 0 atom stereocenters. The van der Waals surface area contributed by atoms with Gasteiger partial charge in [0.1, 0.15) is 6.54 Å². The first-order chi connectivity index (χ1) is 10.1. The van der Waals surface area contributed by atoms with Crippen molar-refractivity contribution in [3.8, 4) is 11.4 Å². The monoisotopic (exact) mass is 350 g/mol. The van der Waals surface area contributed by atoms with Crippen molar-refractivity contribution in [3.05, 3.63) is 28.7 Å². The number of hydrogen-bond donors (Lipinski definition) is 1. The average Bonchev–Trinajstić information content (AvgIpc) is 3.09. The molecule has 0 spiro atoms. The minimum Gasteiger partial charge on any atom is -0.336 e. The first-order valence-electron chi connectivity index (χ1n) is 6.25. The van der Waals surface area contributed by atoms with Crippen LogP contribution in [0.15, 0.2) is 28.7 Å². The zero-order chi connectivity index (χ0) is 14.8. The van der Waals surface area contributed by atoms with Crippen LogP contribution in [0, 0.1) is 0 Å². The predicted molar refractivity (Wildman–Crippen MR) is 76.1 cm³/mol. The molecule has 1 aliphatic rings. The van der Waals surface area contributed by atoms with Gasteiger partial charge in [0.15, 0.2) is 0 Å². The maximum atomic E-state index is 11.9. The number of tetrazole rings is 1. The lowest BCUT2D eigenvalue weighted by Gasteiger charge is -2.10. The Hall–Kier alpha value is -2.29. The number of urea groups is 1. The number of hydrogen-bond acceptors (Lipinski definition) is 5. The lowest BCUT2D eigenvalue weighted by Crippen LogP contribution is -2.37. The van der Waals surface area contributed by atoms with Gasteiger partial charge in [0.25, 0.3) is 5.91 Å². The number of nitrogens with zero attached hydrogens (tertiary/aromatic N) is 5. The molecule has 1 aromatic heterocycles. The van der Waals surface area contributed by atoms with E-state index in [1.165, 1.54) is 4.80 Å². The molecular formula is C12H11BrN6O2. The van der Waals surface area contributed by atoms with Crippen LogP contribution in [0.4, 0.5) is 4.79 Å². The molecule has 9 heteroatoms. The second kappa shape index (κ2) is 5.60. The van der Waals surface area contributed by atoms with Crippen LogP contribution >= 0.6 is 15.9 Å². The highest BCUT2D eigenvalue weighted by Gasteiger charge is 2.26. The van der Waals surface area contributed by atoms with E-state index in [0.717, 1.165) is 14.9 Å². The summed E-state index contributed by atoms with van der Waals surface area (Å²) in [7, 11) is 0. The largest absolute Gasteiger partial charge is 0.336 e. The number of carbonyl (C=O) groups excluding carboxylic acids is 2. The third-order valence-corrected chi connectivity index (χ3v) is 3.52. The molecule has 21 heavy (non-hydrogen) atoms. The molecule has 0 radical (unpaired) electrons. The molecule has 3 amide bonds. The predicted octanol–water partition coefficient (Wildman–Crippen LogP) is 0.654. The Bertz CT molecular complexity index is 683. The first kappa shape index (κ1) is 13.7. The fourth-order valence-electron chi connectivity index (χ4n) is 1.94. The normalized spacial score (nSPS) is 14.3.